The van der Waals surface area contributed by atoms with Gasteiger partial charge in [0.1, 0.15) is 6.04 Å². The molecular weight excluding hydrogens is 240 g/mol. The van der Waals surface area contributed by atoms with Gasteiger partial charge in [-0.05, 0) is 31.7 Å². The summed E-state index contributed by atoms with van der Waals surface area (Å²) in [6, 6.07) is -0.260. The van der Waals surface area contributed by atoms with Gasteiger partial charge in [0, 0.05) is 31.9 Å². The molecular formula is C14H22N4O. The number of hydrogen-bond acceptors (Lipinski definition) is 3. The van der Waals surface area contributed by atoms with Crippen LogP contribution in [0.3, 0.4) is 0 Å². The van der Waals surface area contributed by atoms with Crippen LogP contribution in [0.2, 0.25) is 0 Å². The fourth-order valence-electron chi connectivity index (χ4n) is 3.41. The Labute approximate surface area is 114 Å². The number of likely N-dealkylation sites (tertiary alicyclic amines) is 1. The van der Waals surface area contributed by atoms with Crippen LogP contribution in [0.15, 0.2) is 12.4 Å². The summed E-state index contributed by atoms with van der Waals surface area (Å²) < 4.78 is 1.74. The molecule has 1 saturated carbocycles. The van der Waals surface area contributed by atoms with Gasteiger partial charge in [-0.1, -0.05) is 6.42 Å². The molecule has 2 heterocycles. The molecule has 1 aromatic heterocycles. The smallest absolute Gasteiger partial charge is 0.244 e. The Kier molecular flexibility index (Phi) is 3.09. The molecule has 1 aliphatic carbocycles. The van der Waals surface area contributed by atoms with Crippen molar-refractivity contribution < 1.29 is 4.79 Å². The van der Waals surface area contributed by atoms with Gasteiger partial charge in [-0.25, -0.2) is 0 Å². The van der Waals surface area contributed by atoms with E-state index < -0.39 is 0 Å². The molecule has 2 fully saturated rings. The van der Waals surface area contributed by atoms with Crippen LogP contribution in [0.25, 0.3) is 0 Å². The van der Waals surface area contributed by atoms with Crippen molar-refractivity contribution in [2.75, 3.05) is 20.1 Å². The number of hydrogen-bond donors (Lipinski definition) is 1. The minimum absolute atomic E-state index is 0.194. The number of carbonyl (C=O) groups excluding carboxylic acids is 1. The lowest BCUT2D eigenvalue weighted by Crippen LogP contribution is -2.41. The van der Waals surface area contributed by atoms with Crippen LogP contribution in [-0.4, -0.2) is 40.7 Å². The molecule has 1 atom stereocenters. The van der Waals surface area contributed by atoms with Gasteiger partial charge in [-0.2, -0.15) is 5.10 Å². The lowest BCUT2D eigenvalue weighted by Gasteiger charge is -2.38. The Hall–Kier alpha value is -1.36. The van der Waals surface area contributed by atoms with E-state index in [2.05, 4.69) is 10.4 Å². The largest absolute Gasteiger partial charge is 0.340 e. The number of likely N-dealkylation sites (N-methyl/N-ethyl adjacent to an activating group) is 1. The number of nitrogens with one attached hydrogen (secondary N) is 1. The maximum Gasteiger partial charge on any atom is 0.244 e. The van der Waals surface area contributed by atoms with Gasteiger partial charge in [0.25, 0.3) is 0 Å². The maximum absolute atomic E-state index is 12.6. The van der Waals surface area contributed by atoms with E-state index in [9.17, 15) is 4.79 Å². The normalized spacial score (nSPS) is 22.5. The van der Waals surface area contributed by atoms with Crippen LogP contribution < -0.4 is 5.32 Å². The molecule has 1 aliphatic heterocycles. The van der Waals surface area contributed by atoms with Crippen LogP contribution in [0.5, 0.6) is 0 Å². The van der Waals surface area contributed by atoms with Crippen molar-refractivity contribution in [3.8, 4) is 0 Å². The Bertz CT molecular complexity index is 478. The highest BCUT2D eigenvalue weighted by Crippen LogP contribution is 2.48. The van der Waals surface area contributed by atoms with Gasteiger partial charge in [0.05, 0.1) is 6.20 Å². The zero-order chi connectivity index (χ0) is 13.5. The highest BCUT2D eigenvalue weighted by molar-refractivity contribution is 5.83. The summed E-state index contributed by atoms with van der Waals surface area (Å²) in [5, 5.41) is 7.28. The number of rotatable bonds is 3. The molecule has 5 heteroatoms. The number of amides is 1. The quantitative estimate of drug-likeness (QED) is 0.887. The van der Waals surface area contributed by atoms with E-state index in [-0.39, 0.29) is 11.9 Å². The van der Waals surface area contributed by atoms with Crippen molar-refractivity contribution in [1.82, 2.24) is 20.0 Å². The number of carbonyl (C=O) groups is 1. The molecule has 1 amide bonds. The molecule has 2 aliphatic rings. The second-order valence-electron chi connectivity index (χ2n) is 6.03. The molecule has 3 rings (SSSR count). The first kappa shape index (κ1) is 12.7. The SMILES string of the molecule is CNC(C(=O)N1CCC2(CCC2)C1)c1cnn(C)c1. The molecule has 1 N–H and O–H groups in total. The predicted octanol–water partition coefficient (Wildman–Crippen LogP) is 1.08. The van der Waals surface area contributed by atoms with E-state index in [4.69, 9.17) is 0 Å². The summed E-state index contributed by atoms with van der Waals surface area (Å²) in [7, 11) is 3.71. The Morgan fingerprint density at radius 1 is 1.47 bits per heavy atom. The maximum atomic E-state index is 12.6. The van der Waals surface area contributed by atoms with Crippen molar-refractivity contribution >= 4 is 5.91 Å². The first-order valence-electron chi connectivity index (χ1n) is 7.08. The Balaban J connectivity index is 1.71. The minimum atomic E-state index is -0.260. The average molecular weight is 262 g/mol. The van der Waals surface area contributed by atoms with Gasteiger partial charge in [0.15, 0.2) is 0 Å². The molecule has 1 aromatic rings. The van der Waals surface area contributed by atoms with Gasteiger partial charge in [-0.15, -0.1) is 0 Å². The summed E-state index contributed by atoms with van der Waals surface area (Å²) in [6.45, 7) is 1.86. The highest BCUT2D eigenvalue weighted by Gasteiger charge is 2.45. The highest BCUT2D eigenvalue weighted by atomic mass is 16.2. The molecule has 1 spiro atoms. The van der Waals surface area contributed by atoms with Crippen LogP contribution in [0.4, 0.5) is 0 Å². The van der Waals surface area contributed by atoms with E-state index in [0.29, 0.717) is 5.41 Å². The monoisotopic (exact) mass is 262 g/mol. The van der Waals surface area contributed by atoms with Crippen molar-refractivity contribution in [1.29, 1.82) is 0 Å². The zero-order valence-electron chi connectivity index (χ0n) is 11.7. The molecule has 0 aromatic carbocycles. The van der Waals surface area contributed by atoms with E-state index in [1.807, 2.05) is 25.2 Å². The van der Waals surface area contributed by atoms with E-state index in [1.54, 1.807) is 10.9 Å². The molecule has 104 valence electrons. The van der Waals surface area contributed by atoms with Crippen molar-refractivity contribution in [3.63, 3.8) is 0 Å². The first-order chi connectivity index (χ1) is 9.13. The van der Waals surface area contributed by atoms with Crippen LogP contribution in [-0.2, 0) is 11.8 Å². The molecule has 0 radical (unpaired) electrons. The first-order valence-corrected chi connectivity index (χ1v) is 7.08. The fraction of sp³-hybridized carbons (Fsp3) is 0.714. The lowest BCUT2D eigenvalue weighted by atomic mass is 9.68. The fourth-order valence-corrected chi connectivity index (χ4v) is 3.41. The van der Waals surface area contributed by atoms with Crippen molar-refractivity contribution in [3.05, 3.63) is 18.0 Å². The van der Waals surface area contributed by atoms with Gasteiger partial charge in [-0.3, -0.25) is 9.48 Å². The van der Waals surface area contributed by atoms with Gasteiger partial charge in [0.2, 0.25) is 5.91 Å². The van der Waals surface area contributed by atoms with E-state index in [0.717, 1.165) is 18.7 Å². The van der Waals surface area contributed by atoms with E-state index >= 15 is 0 Å². The summed E-state index contributed by atoms with van der Waals surface area (Å²) in [5.41, 5.74) is 1.41. The van der Waals surface area contributed by atoms with Gasteiger partial charge >= 0.3 is 0 Å². The summed E-state index contributed by atoms with van der Waals surface area (Å²) in [5.74, 6) is 0.194. The summed E-state index contributed by atoms with van der Waals surface area (Å²) in [6.07, 6.45) is 8.80. The third-order valence-electron chi connectivity index (χ3n) is 4.76. The predicted molar refractivity (Wildman–Crippen MR) is 72.5 cm³/mol. The third-order valence-corrected chi connectivity index (χ3v) is 4.76. The molecule has 0 bridgehead atoms. The Morgan fingerprint density at radius 3 is 2.74 bits per heavy atom. The second-order valence-corrected chi connectivity index (χ2v) is 6.03. The van der Waals surface area contributed by atoms with Crippen LogP contribution in [0.1, 0.15) is 37.3 Å². The van der Waals surface area contributed by atoms with Crippen LogP contribution in [0, 0.1) is 5.41 Å². The second kappa shape index (κ2) is 4.63. The lowest BCUT2D eigenvalue weighted by molar-refractivity contribution is -0.133. The molecule has 1 unspecified atom stereocenters. The van der Waals surface area contributed by atoms with Crippen molar-refractivity contribution in [2.24, 2.45) is 12.5 Å². The minimum Gasteiger partial charge on any atom is -0.340 e. The van der Waals surface area contributed by atoms with Crippen molar-refractivity contribution in [2.45, 2.75) is 31.7 Å². The average Bonchev–Trinajstić information content (AvgIpc) is 2.96. The number of aryl methyl sites for hydroxylation is 1. The number of aromatic nitrogens is 2. The molecule has 5 nitrogen and oxygen atoms in total. The van der Waals surface area contributed by atoms with Crippen LogP contribution >= 0.6 is 0 Å². The van der Waals surface area contributed by atoms with Gasteiger partial charge < -0.3 is 10.2 Å². The summed E-state index contributed by atoms with van der Waals surface area (Å²) in [4.78, 5) is 14.7. The van der Waals surface area contributed by atoms with E-state index in [1.165, 1.54) is 25.7 Å². The summed E-state index contributed by atoms with van der Waals surface area (Å²) >= 11 is 0. The molecule has 1 saturated heterocycles. The zero-order valence-corrected chi connectivity index (χ0v) is 11.7. The molecule has 19 heavy (non-hydrogen) atoms. The number of nitrogens with zero attached hydrogens (tertiary/aromatic N) is 3. The third kappa shape index (κ3) is 2.16. The Morgan fingerprint density at radius 2 is 2.26 bits per heavy atom. The standard InChI is InChI=1S/C14H22N4O/c1-15-12(11-8-16-17(2)9-11)13(19)18-7-6-14(10-18)4-3-5-14/h8-9,12,15H,3-7,10H2,1-2H3. The topological polar surface area (TPSA) is 50.2 Å².